The normalized spacial score (nSPS) is 9.88. The van der Waals surface area contributed by atoms with Gasteiger partial charge in [-0.25, -0.2) is 4.79 Å². The first-order chi connectivity index (χ1) is 7.60. The number of carbonyl (C=O) groups excluding carboxylic acids is 1. The fourth-order valence-corrected chi connectivity index (χ4v) is 1.23. The molecule has 0 saturated carbocycles. The van der Waals surface area contributed by atoms with Crippen molar-refractivity contribution in [1.29, 1.82) is 0 Å². The number of rotatable bonds is 3. The summed E-state index contributed by atoms with van der Waals surface area (Å²) in [4.78, 5) is 13.0. The largest absolute Gasteiger partial charge is 0.504 e. The molecule has 0 heterocycles. The van der Waals surface area contributed by atoms with Gasteiger partial charge in [0.15, 0.2) is 11.5 Å². The Balaban J connectivity index is 2.80. The third-order valence-electron chi connectivity index (χ3n) is 2.20. The lowest BCUT2D eigenvalue weighted by Crippen LogP contribution is -2.33. The van der Waals surface area contributed by atoms with Crippen LogP contribution in [0.15, 0.2) is 18.2 Å². The zero-order valence-corrected chi connectivity index (χ0v) is 9.30. The maximum atomic E-state index is 11.5. The Kier molecular flexibility index (Phi) is 3.99. The molecule has 0 bridgehead atoms. The van der Waals surface area contributed by atoms with Gasteiger partial charge in [-0.1, -0.05) is 6.07 Å². The second kappa shape index (κ2) is 5.25. The zero-order chi connectivity index (χ0) is 12.1. The number of ether oxygens (including phenoxy) is 1. The molecule has 88 valence electrons. The van der Waals surface area contributed by atoms with Gasteiger partial charge in [-0.3, -0.25) is 0 Å². The zero-order valence-electron chi connectivity index (χ0n) is 9.30. The van der Waals surface area contributed by atoms with Gasteiger partial charge < -0.3 is 19.8 Å². The second-order valence-corrected chi connectivity index (χ2v) is 3.16. The first-order valence-corrected chi connectivity index (χ1v) is 5.07. The fourth-order valence-electron chi connectivity index (χ4n) is 1.23. The van der Waals surface area contributed by atoms with Crippen LogP contribution in [0.25, 0.3) is 0 Å². The average molecular weight is 225 g/mol. The predicted octanol–water partition coefficient (Wildman–Crippen LogP) is 1.94. The van der Waals surface area contributed by atoms with E-state index in [1.165, 1.54) is 23.1 Å². The summed E-state index contributed by atoms with van der Waals surface area (Å²) >= 11 is 0. The number of carbonyl (C=O) groups is 1. The smallest absolute Gasteiger partial charge is 0.415 e. The average Bonchev–Trinajstić information content (AvgIpc) is 2.26. The van der Waals surface area contributed by atoms with E-state index in [2.05, 4.69) is 0 Å². The Morgan fingerprint density at radius 1 is 1.31 bits per heavy atom. The van der Waals surface area contributed by atoms with Crippen LogP contribution in [0.2, 0.25) is 0 Å². The van der Waals surface area contributed by atoms with Crippen LogP contribution in [0.1, 0.15) is 13.8 Å². The SMILES string of the molecule is CCN(CC)C(=O)Oc1cccc(O)c1O. The van der Waals surface area contributed by atoms with E-state index in [1.54, 1.807) is 0 Å². The number of phenols is 2. The van der Waals surface area contributed by atoms with Crippen molar-refractivity contribution in [1.82, 2.24) is 4.90 Å². The van der Waals surface area contributed by atoms with Crippen molar-refractivity contribution in [3.05, 3.63) is 18.2 Å². The van der Waals surface area contributed by atoms with E-state index in [0.29, 0.717) is 13.1 Å². The van der Waals surface area contributed by atoms with Gasteiger partial charge in [0.05, 0.1) is 0 Å². The topological polar surface area (TPSA) is 70.0 Å². The number of para-hydroxylation sites is 1. The summed E-state index contributed by atoms with van der Waals surface area (Å²) in [7, 11) is 0. The van der Waals surface area contributed by atoms with E-state index < -0.39 is 11.8 Å². The minimum Gasteiger partial charge on any atom is -0.504 e. The van der Waals surface area contributed by atoms with Crippen LogP contribution in [-0.4, -0.2) is 34.3 Å². The molecule has 5 nitrogen and oxygen atoms in total. The lowest BCUT2D eigenvalue weighted by molar-refractivity contribution is 0.155. The summed E-state index contributed by atoms with van der Waals surface area (Å²) in [5.41, 5.74) is 0. The van der Waals surface area contributed by atoms with Gasteiger partial charge in [-0.15, -0.1) is 0 Å². The molecule has 0 aromatic heterocycles. The number of benzene rings is 1. The van der Waals surface area contributed by atoms with Crippen LogP contribution < -0.4 is 4.74 Å². The van der Waals surface area contributed by atoms with Gasteiger partial charge >= 0.3 is 6.09 Å². The molecule has 16 heavy (non-hydrogen) atoms. The van der Waals surface area contributed by atoms with Crippen LogP contribution in [0, 0.1) is 0 Å². The van der Waals surface area contributed by atoms with E-state index in [-0.39, 0.29) is 11.5 Å². The summed E-state index contributed by atoms with van der Waals surface area (Å²) < 4.78 is 4.95. The molecule has 0 saturated heterocycles. The molecule has 5 heteroatoms. The van der Waals surface area contributed by atoms with E-state index >= 15 is 0 Å². The quantitative estimate of drug-likeness (QED) is 0.771. The third-order valence-corrected chi connectivity index (χ3v) is 2.20. The molecule has 0 spiro atoms. The van der Waals surface area contributed by atoms with E-state index in [1.807, 2.05) is 13.8 Å². The summed E-state index contributed by atoms with van der Waals surface area (Å²) in [6.45, 7) is 4.70. The first-order valence-electron chi connectivity index (χ1n) is 5.07. The van der Waals surface area contributed by atoms with Gasteiger partial charge in [0, 0.05) is 13.1 Å². The summed E-state index contributed by atoms with van der Waals surface area (Å²) in [5, 5.41) is 18.6. The Hall–Kier alpha value is -1.91. The highest BCUT2D eigenvalue weighted by Gasteiger charge is 2.15. The number of amides is 1. The maximum Gasteiger partial charge on any atom is 0.415 e. The molecule has 0 atom stereocenters. The van der Waals surface area contributed by atoms with Crippen molar-refractivity contribution in [2.45, 2.75) is 13.8 Å². The third kappa shape index (κ3) is 2.56. The summed E-state index contributed by atoms with van der Waals surface area (Å²) in [6.07, 6.45) is -0.550. The van der Waals surface area contributed by atoms with Gasteiger partial charge in [0.25, 0.3) is 0 Å². The molecule has 0 aliphatic heterocycles. The molecule has 0 radical (unpaired) electrons. The Bertz CT molecular complexity index is 374. The lowest BCUT2D eigenvalue weighted by Gasteiger charge is -2.18. The number of hydrogen-bond donors (Lipinski definition) is 2. The highest BCUT2D eigenvalue weighted by molar-refractivity contribution is 5.72. The standard InChI is InChI=1S/C11H15NO4/c1-3-12(4-2)11(15)16-9-7-5-6-8(13)10(9)14/h5-7,13-14H,3-4H2,1-2H3. The Labute approximate surface area is 93.9 Å². The molecule has 0 unspecified atom stereocenters. The van der Waals surface area contributed by atoms with Crippen LogP contribution in [0.4, 0.5) is 4.79 Å². The highest BCUT2D eigenvalue weighted by Crippen LogP contribution is 2.34. The number of aromatic hydroxyl groups is 2. The van der Waals surface area contributed by atoms with Crippen molar-refractivity contribution in [2.24, 2.45) is 0 Å². The number of phenolic OH excluding ortho intramolecular Hbond substituents is 2. The fraction of sp³-hybridized carbons (Fsp3) is 0.364. The molecule has 1 rings (SSSR count). The van der Waals surface area contributed by atoms with Crippen LogP contribution in [0.3, 0.4) is 0 Å². The highest BCUT2D eigenvalue weighted by atomic mass is 16.6. The van der Waals surface area contributed by atoms with E-state index in [4.69, 9.17) is 4.74 Å². The summed E-state index contributed by atoms with van der Waals surface area (Å²) in [6, 6.07) is 4.21. The molecule has 1 aromatic carbocycles. The number of hydrogen-bond acceptors (Lipinski definition) is 4. The minimum absolute atomic E-state index is 0.0445. The first kappa shape index (κ1) is 12.2. The minimum atomic E-state index is -0.550. The molecule has 1 amide bonds. The molecule has 0 fully saturated rings. The summed E-state index contributed by atoms with van der Waals surface area (Å²) in [5.74, 6) is -0.787. The lowest BCUT2D eigenvalue weighted by atomic mass is 10.3. The molecule has 1 aromatic rings. The van der Waals surface area contributed by atoms with E-state index in [0.717, 1.165) is 0 Å². The van der Waals surface area contributed by atoms with E-state index in [9.17, 15) is 15.0 Å². The molecule has 2 N–H and O–H groups in total. The van der Waals surface area contributed by atoms with Gasteiger partial charge in [-0.2, -0.15) is 0 Å². The molecular formula is C11H15NO4. The van der Waals surface area contributed by atoms with Crippen molar-refractivity contribution >= 4 is 6.09 Å². The molecule has 0 aliphatic rings. The van der Waals surface area contributed by atoms with Crippen molar-refractivity contribution in [3.63, 3.8) is 0 Å². The van der Waals surface area contributed by atoms with Gasteiger partial charge in [-0.05, 0) is 26.0 Å². The van der Waals surface area contributed by atoms with Crippen LogP contribution in [0.5, 0.6) is 17.2 Å². The van der Waals surface area contributed by atoms with Gasteiger partial charge in [0.1, 0.15) is 0 Å². The second-order valence-electron chi connectivity index (χ2n) is 3.16. The van der Waals surface area contributed by atoms with Gasteiger partial charge in [0.2, 0.25) is 5.75 Å². The predicted molar refractivity (Wildman–Crippen MR) is 58.7 cm³/mol. The van der Waals surface area contributed by atoms with Crippen LogP contribution in [-0.2, 0) is 0 Å². The molecular weight excluding hydrogens is 210 g/mol. The Morgan fingerprint density at radius 2 is 1.94 bits per heavy atom. The monoisotopic (exact) mass is 225 g/mol. The molecule has 0 aliphatic carbocycles. The van der Waals surface area contributed by atoms with Crippen molar-refractivity contribution in [3.8, 4) is 17.2 Å². The van der Waals surface area contributed by atoms with Crippen molar-refractivity contribution in [2.75, 3.05) is 13.1 Å². The van der Waals surface area contributed by atoms with Crippen LogP contribution >= 0.6 is 0 Å². The Morgan fingerprint density at radius 3 is 2.50 bits per heavy atom. The maximum absolute atomic E-state index is 11.5. The van der Waals surface area contributed by atoms with Crippen molar-refractivity contribution < 1.29 is 19.7 Å². The number of nitrogens with zero attached hydrogens (tertiary/aromatic N) is 1.